The molecule has 0 bridgehead atoms. The van der Waals surface area contributed by atoms with Gasteiger partial charge in [0.15, 0.2) is 4.96 Å². The number of hydrogen-bond acceptors (Lipinski definition) is 6. The molecule has 25 heavy (non-hydrogen) atoms. The number of halogens is 2. The highest BCUT2D eigenvalue weighted by atomic mass is 35.5. The first-order valence-corrected chi connectivity index (χ1v) is 7.69. The number of thiazole rings is 1. The highest BCUT2D eigenvalue weighted by Crippen LogP contribution is 2.31. The molecule has 2 aromatic heterocycles. The number of rotatable bonds is 4. The average molecular weight is 400 g/mol. The molecule has 0 saturated carbocycles. The van der Waals surface area contributed by atoms with Crippen molar-refractivity contribution in [3.63, 3.8) is 0 Å². The number of imidazole rings is 1. The minimum Gasteiger partial charge on any atom is -0.369 e. The van der Waals surface area contributed by atoms with Crippen LogP contribution in [0.4, 0.5) is 5.69 Å². The van der Waals surface area contributed by atoms with Crippen molar-refractivity contribution in [2.75, 3.05) is 0 Å². The zero-order valence-electron chi connectivity index (χ0n) is 12.4. The zero-order chi connectivity index (χ0) is 17.3. The van der Waals surface area contributed by atoms with Crippen LogP contribution in [0.25, 0.3) is 16.2 Å². The second-order valence-corrected chi connectivity index (χ2v) is 6.25. The fourth-order valence-corrected chi connectivity index (χ4v) is 3.11. The van der Waals surface area contributed by atoms with Crippen LogP contribution in [0.3, 0.4) is 0 Å². The molecule has 0 aliphatic carbocycles. The van der Waals surface area contributed by atoms with Gasteiger partial charge in [0.25, 0.3) is 5.69 Å². The van der Waals surface area contributed by atoms with Crippen molar-refractivity contribution < 1.29 is 4.92 Å². The number of guanidine groups is 1. The Kier molecular flexibility index (Phi) is 5.57. The van der Waals surface area contributed by atoms with Crippen LogP contribution >= 0.6 is 35.3 Å². The largest absolute Gasteiger partial charge is 0.369 e. The number of fused-ring (bicyclic) bond motifs is 1. The predicted molar refractivity (Wildman–Crippen MR) is 101 cm³/mol. The summed E-state index contributed by atoms with van der Waals surface area (Å²) >= 11 is 7.27. The van der Waals surface area contributed by atoms with E-state index in [1.54, 1.807) is 22.7 Å². The molecule has 0 fully saturated rings. The van der Waals surface area contributed by atoms with Gasteiger partial charge >= 0.3 is 0 Å². The van der Waals surface area contributed by atoms with E-state index in [2.05, 4.69) is 15.2 Å². The third-order valence-electron chi connectivity index (χ3n) is 3.02. The van der Waals surface area contributed by atoms with Crippen molar-refractivity contribution in [3.05, 3.63) is 50.6 Å². The molecule has 12 heteroatoms. The van der Waals surface area contributed by atoms with Gasteiger partial charge in [-0.05, 0) is 0 Å². The molecule has 1 aromatic carbocycles. The zero-order valence-corrected chi connectivity index (χ0v) is 14.8. The number of nitrogens with two attached hydrogens (primary N) is 2. The molecule has 0 atom stereocenters. The molecule has 0 unspecified atom stereocenters. The Morgan fingerprint density at radius 1 is 1.44 bits per heavy atom. The maximum Gasteiger partial charge on any atom is 0.270 e. The molecule has 0 saturated heterocycles. The summed E-state index contributed by atoms with van der Waals surface area (Å²) in [7, 11) is 0. The van der Waals surface area contributed by atoms with Crippen molar-refractivity contribution in [2.45, 2.75) is 0 Å². The van der Waals surface area contributed by atoms with E-state index >= 15 is 0 Å². The van der Waals surface area contributed by atoms with Gasteiger partial charge in [-0.1, -0.05) is 35.1 Å². The molecule has 0 spiro atoms. The third kappa shape index (κ3) is 3.87. The monoisotopic (exact) mass is 399 g/mol. The van der Waals surface area contributed by atoms with E-state index in [9.17, 15) is 10.1 Å². The second-order valence-electron chi connectivity index (χ2n) is 4.61. The molecule has 2 heterocycles. The number of nitrogens with zero attached hydrogens (tertiary/aromatic N) is 5. The average Bonchev–Trinajstić information content (AvgIpc) is 3.04. The summed E-state index contributed by atoms with van der Waals surface area (Å²) in [5.41, 5.74) is 12.1. The predicted octanol–water partition coefficient (Wildman–Crippen LogP) is 2.65. The van der Waals surface area contributed by atoms with E-state index in [0.717, 1.165) is 0 Å². The van der Waals surface area contributed by atoms with Crippen molar-refractivity contribution in [1.82, 2.24) is 9.38 Å². The van der Waals surface area contributed by atoms with Crippen LogP contribution in [0.5, 0.6) is 0 Å². The van der Waals surface area contributed by atoms with Crippen LogP contribution in [0.15, 0.2) is 40.7 Å². The van der Waals surface area contributed by atoms with Gasteiger partial charge in [-0.15, -0.1) is 17.5 Å². The first kappa shape index (κ1) is 18.6. The second kappa shape index (κ2) is 7.47. The molecule has 3 rings (SSSR count). The first-order chi connectivity index (χ1) is 11.5. The van der Waals surface area contributed by atoms with Gasteiger partial charge in [0.2, 0.25) is 5.96 Å². The van der Waals surface area contributed by atoms with Gasteiger partial charge in [-0.2, -0.15) is 5.10 Å². The lowest BCUT2D eigenvalue weighted by molar-refractivity contribution is -0.384. The van der Waals surface area contributed by atoms with Crippen LogP contribution in [0.2, 0.25) is 4.34 Å². The van der Waals surface area contributed by atoms with Crippen LogP contribution in [-0.2, 0) is 0 Å². The minimum absolute atomic E-state index is 0. The lowest BCUT2D eigenvalue weighted by Gasteiger charge is -2.00. The number of aromatic nitrogens is 2. The van der Waals surface area contributed by atoms with Crippen molar-refractivity contribution in [2.24, 2.45) is 21.7 Å². The number of hydrogen-bond donors (Lipinski definition) is 2. The highest BCUT2D eigenvalue weighted by Gasteiger charge is 2.17. The van der Waals surface area contributed by atoms with E-state index in [4.69, 9.17) is 23.1 Å². The molecule has 130 valence electrons. The normalized spacial score (nSPS) is 10.8. The Hall–Kier alpha value is -2.69. The van der Waals surface area contributed by atoms with E-state index in [1.807, 2.05) is 0 Å². The molecular formula is C13H11Cl2N7O2S. The van der Waals surface area contributed by atoms with Crippen molar-refractivity contribution in [1.29, 1.82) is 0 Å². The van der Waals surface area contributed by atoms with Crippen LogP contribution in [0, 0.1) is 10.1 Å². The number of non-ortho nitro benzene ring substituents is 1. The highest BCUT2D eigenvalue weighted by molar-refractivity contribution is 7.20. The molecule has 0 aliphatic rings. The van der Waals surface area contributed by atoms with E-state index in [1.165, 1.54) is 29.7 Å². The number of nitro benzene ring substituents is 1. The van der Waals surface area contributed by atoms with E-state index in [0.29, 0.717) is 26.2 Å². The van der Waals surface area contributed by atoms with Gasteiger partial charge in [0.05, 0.1) is 22.5 Å². The van der Waals surface area contributed by atoms with Gasteiger partial charge in [-0.3, -0.25) is 14.5 Å². The summed E-state index contributed by atoms with van der Waals surface area (Å²) in [6.45, 7) is 0. The maximum atomic E-state index is 11.0. The van der Waals surface area contributed by atoms with Crippen LogP contribution in [0.1, 0.15) is 5.69 Å². The number of nitro groups is 1. The van der Waals surface area contributed by atoms with Crippen LogP contribution in [-0.4, -0.2) is 26.5 Å². The Bertz CT molecular complexity index is 992. The fraction of sp³-hybridized carbons (Fsp3) is 0. The third-order valence-corrected chi connectivity index (χ3v) is 4.12. The van der Waals surface area contributed by atoms with Gasteiger partial charge in [0.1, 0.15) is 4.34 Å². The summed E-state index contributed by atoms with van der Waals surface area (Å²) in [5, 5.41) is 18.3. The Morgan fingerprint density at radius 3 is 2.88 bits per heavy atom. The Morgan fingerprint density at radius 2 is 2.20 bits per heavy atom. The van der Waals surface area contributed by atoms with Gasteiger partial charge < -0.3 is 11.5 Å². The standard InChI is InChI=1S/C13H10ClN7O2S.ClH/c14-10-6-20-9(5-17-19-12(15)16)11(18-13(20)24-10)7-2-1-3-8(4-7)21(22)23;/h1-6H,(H4,15,16,19);1H/b17-5+;. The SMILES string of the molecule is Cl.NC(N)=N/N=C/c1c(-c2cccc([N+](=O)[O-])c2)nc2sc(Cl)cn12. The lowest BCUT2D eigenvalue weighted by atomic mass is 10.1. The Labute approximate surface area is 156 Å². The van der Waals surface area contributed by atoms with Crippen LogP contribution < -0.4 is 11.5 Å². The van der Waals surface area contributed by atoms with Crippen molar-refractivity contribution in [3.8, 4) is 11.3 Å². The summed E-state index contributed by atoms with van der Waals surface area (Å²) in [4.78, 5) is 15.6. The molecule has 9 nitrogen and oxygen atoms in total. The Balaban J connectivity index is 0.00000225. The lowest BCUT2D eigenvalue weighted by Crippen LogP contribution is -2.21. The van der Waals surface area contributed by atoms with Crippen molar-refractivity contribution >= 4 is 58.2 Å². The van der Waals surface area contributed by atoms with Gasteiger partial charge in [0, 0.05) is 23.9 Å². The smallest absolute Gasteiger partial charge is 0.270 e. The van der Waals surface area contributed by atoms with E-state index in [-0.39, 0.29) is 24.1 Å². The summed E-state index contributed by atoms with van der Waals surface area (Å²) < 4.78 is 2.26. The molecular weight excluding hydrogens is 389 g/mol. The summed E-state index contributed by atoms with van der Waals surface area (Å²) in [6, 6.07) is 6.15. The quantitative estimate of drug-likeness (QED) is 0.300. The maximum absolute atomic E-state index is 11.0. The molecule has 0 amide bonds. The molecule has 3 aromatic rings. The minimum atomic E-state index is -0.466. The van der Waals surface area contributed by atoms with Gasteiger partial charge in [-0.25, -0.2) is 4.98 Å². The molecule has 4 N–H and O–H groups in total. The first-order valence-electron chi connectivity index (χ1n) is 6.50. The van der Waals surface area contributed by atoms with E-state index < -0.39 is 4.92 Å². The topological polar surface area (TPSA) is 137 Å². The molecule has 0 radical (unpaired) electrons. The fourth-order valence-electron chi connectivity index (χ4n) is 2.09. The number of benzene rings is 1. The summed E-state index contributed by atoms with van der Waals surface area (Å²) in [6.07, 6.45) is 3.09. The molecule has 0 aliphatic heterocycles. The summed E-state index contributed by atoms with van der Waals surface area (Å²) in [5.74, 6) is -0.188.